The predicted octanol–water partition coefficient (Wildman–Crippen LogP) is -3.40. The van der Waals surface area contributed by atoms with E-state index >= 15 is 0 Å². The third-order valence-electron chi connectivity index (χ3n) is 0.342. The fraction of sp³-hybridized carbons (Fsp3) is 1.00. The molecule has 0 aromatic heterocycles. The Hall–Kier alpha value is 0.570. The van der Waals surface area contributed by atoms with E-state index < -0.39 is 0 Å². The van der Waals surface area contributed by atoms with Crippen molar-refractivity contribution in [1.82, 2.24) is 9.17 Å². The molecule has 0 saturated carbocycles. The van der Waals surface area contributed by atoms with Crippen molar-refractivity contribution in [3.05, 3.63) is 0 Å². The number of hydrogen-bond acceptors (Lipinski definition) is 4. The molecule has 0 atom stereocenters. The van der Waals surface area contributed by atoms with Gasteiger partial charge in [-0.1, -0.05) is 0 Å². The molecule has 0 amide bonds. The van der Waals surface area contributed by atoms with Gasteiger partial charge in [-0.3, -0.25) is 0 Å². The van der Waals surface area contributed by atoms with Crippen LogP contribution in [0.5, 0.6) is 0 Å². The van der Waals surface area contributed by atoms with Gasteiger partial charge in [0.1, 0.15) is 0 Å². The first-order valence-corrected chi connectivity index (χ1v) is 4.18. The van der Waals surface area contributed by atoms with E-state index in [9.17, 15) is 0 Å². The monoisotopic (exact) mass is 233 g/mol. The fourth-order valence-electron chi connectivity index (χ4n) is 0.129. The van der Waals surface area contributed by atoms with Gasteiger partial charge in [-0.25, -0.2) is 0 Å². The van der Waals surface area contributed by atoms with Gasteiger partial charge < -0.3 is 0 Å². The summed E-state index contributed by atoms with van der Waals surface area (Å²) in [7, 11) is 1.51. The van der Waals surface area contributed by atoms with Crippen molar-refractivity contribution in [2.75, 3.05) is 13.7 Å². The Kier molecular flexibility index (Phi) is 8.11. The van der Waals surface area contributed by atoms with E-state index in [4.69, 9.17) is 3.17 Å². The van der Waals surface area contributed by atoms with Crippen LogP contribution in [0.15, 0.2) is 0 Å². The summed E-state index contributed by atoms with van der Waals surface area (Å²) in [6.07, 6.45) is 0. The second kappa shape index (κ2) is 7.57. The standard InChI is InChI=1S/C3H10IN2O2/c1-3-5-4-8-6-7-2/h5-6H,3H2,1-2H3/q-1. The normalized spacial score (nSPS) is 10.2. The molecule has 0 bridgehead atoms. The van der Waals surface area contributed by atoms with Crippen LogP contribution in [0.3, 0.4) is 0 Å². The van der Waals surface area contributed by atoms with E-state index in [1.54, 1.807) is 0 Å². The van der Waals surface area contributed by atoms with Gasteiger partial charge in [-0.05, 0) is 0 Å². The van der Waals surface area contributed by atoms with Gasteiger partial charge in [0.2, 0.25) is 0 Å². The van der Waals surface area contributed by atoms with Crippen molar-refractivity contribution in [2.24, 2.45) is 0 Å². The molecule has 4 nitrogen and oxygen atoms in total. The summed E-state index contributed by atoms with van der Waals surface area (Å²) >= 11 is -0.368. The molecular weight excluding hydrogens is 223 g/mol. The van der Waals surface area contributed by atoms with E-state index in [2.05, 4.69) is 14.0 Å². The van der Waals surface area contributed by atoms with Crippen molar-refractivity contribution in [3.8, 4) is 0 Å². The van der Waals surface area contributed by atoms with Crippen molar-refractivity contribution >= 4 is 0 Å². The summed E-state index contributed by atoms with van der Waals surface area (Å²) in [6.45, 7) is 2.97. The Morgan fingerprint density at radius 1 is 1.62 bits per heavy atom. The van der Waals surface area contributed by atoms with Crippen LogP contribution in [0.25, 0.3) is 0 Å². The quantitative estimate of drug-likeness (QED) is 0.225. The van der Waals surface area contributed by atoms with E-state index in [-0.39, 0.29) is 21.9 Å². The Morgan fingerprint density at radius 3 is 2.88 bits per heavy atom. The number of rotatable bonds is 5. The van der Waals surface area contributed by atoms with Crippen LogP contribution in [-0.2, 0) is 8.00 Å². The number of hydrogen-bond donors (Lipinski definition) is 2. The summed E-state index contributed by atoms with van der Waals surface area (Å²) < 4.78 is 7.78. The Morgan fingerprint density at radius 2 is 2.38 bits per heavy atom. The SMILES string of the molecule is CCN[I-]ONOC. The maximum absolute atomic E-state index is 4.75. The molecule has 8 heavy (non-hydrogen) atoms. The van der Waals surface area contributed by atoms with Crippen LogP contribution in [0.2, 0.25) is 0 Å². The van der Waals surface area contributed by atoms with Crippen LogP contribution >= 0.6 is 0 Å². The van der Waals surface area contributed by atoms with E-state index in [1.807, 2.05) is 6.92 Å². The molecule has 0 rings (SSSR count). The van der Waals surface area contributed by atoms with E-state index in [1.165, 1.54) is 7.11 Å². The molecule has 0 saturated heterocycles. The van der Waals surface area contributed by atoms with Gasteiger partial charge >= 0.3 is 59.7 Å². The minimum atomic E-state index is -0.368. The zero-order chi connectivity index (χ0) is 6.24. The predicted molar refractivity (Wildman–Crippen MR) is 24.9 cm³/mol. The molecule has 0 fully saturated rings. The molecule has 0 spiro atoms. The molecule has 0 aliphatic heterocycles. The first-order chi connectivity index (χ1) is 3.91. The summed E-state index contributed by atoms with van der Waals surface area (Å²) in [5.41, 5.74) is 2.27. The molecule has 5 heteroatoms. The molecule has 0 aromatic rings. The van der Waals surface area contributed by atoms with Gasteiger partial charge in [0.25, 0.3) is 0 Å². The van der Waals surface area contributed by atoms with E-state index in [0.29, 0.717) is 0 Å². The minimum absolute atomic E-state index is 0.368. The third kappa shape index (κ3) is 6.57. The molecule has 0 radical (unpaired) electrons. The first-order valence-electron chi connectivity index (χ1n) is 2.22. The van der Waals surface area contributed by atoms with E-state index in [0.717, 1.165) is 6.54 Å². The van der Waals surface area contributed by atoms with Crippen molar-refractivity contribution in [1.29, 1.82) is 0 Å². The molecule has 2 N–H and O–H groups in total. The second-order valence-electron chi connectivity index (χ2n) is 0.929. The van der Waals surface area contributed by atoms with Gasteiger partial charge in [-0.15, -0.1) is 0 Å². The number of halogens is 1. The Labute approximate surface area is 60.0 Å². The van der Waals surface area contributed by atoms with Crippen molar-refractivity contribution in [2.45, 2.75) is 6.92 Å². The fourth-order valence-corrected chi connectivity index (χ4v) is 0.866. The topological polar surface area (TPSA) is 42.5 Å². The van der Waals surface area contributed by atoms with Crippen molar-refractivity contribution in [3.63, 3.8) is 0 Å². The van der Waals surface area contributed by atoms with Crippen molar-refractivity contribution < 1.29 is 29.9 Å². The molecule has 0 aromatic carbocycles. The van der Waals surface area contributed by atoms with Gasteiger partial charge in [0, 0.05) is 0 Å². The second-order valence-corrected chi connectivity index (χ2v) is 2.57. The zero-order valence-corrected chi connectivity index (χ0v) is 7.06. The van der Waals surface area contributed by atoms with Gasteiger partial charge in [-0.2, -0.15) is 0 Å². The molecule has 0 heterocycles. The molecular formula is C3H10IN2O2-. The Bertz CT molecular complexity index is 40.3. The van der Waals surface area contributed by atoms with Crippen LogP contribution in [0.4, 0.5) is 0 Å². The van der Waals surface area contributed by atoms with Crippen LogP contribution in [-0.4, -0.2) is 13.7 Å². The van der Waals surface area contributed by atoms with Gasteiger partial charge in [0.15, 0.2) is 0 Å². The Balaban J connectivity index is 2.53. The average molecular weight is 233 g/mol. The summed E-state index contributed by atoms with van der Waals surface area (Å²) in [6, 6.07) is 0. The maximum atomic E-state index is 4.75. The van der Waals surface area contributed by atoms with Crippen LogP contribution in [0, 0.1) is 0 Å². The zero-order valence-electron chi connectivity index (χ0n) is 4.90. The molecule has 0 aliphatic carbocycles. The average Bonchev–Trinajstić information content (AvgIpc) is 1.81. The number of nitrogens with one attached hydrogen (secondary N) is 2. The van der Waals surface area contributed by atoms with Crippen LogP contribution < -0.4 is 31.1 Å². The molecule has 0 unspecified atom stereocenters. The van der Waals surface area contributed by atoms with Crippen LogP contribution in [0.1, 0.15) is 6.92 Å². The molecule has 52 valence electrons. The summed E-state index contributed by atoms with van der Waals surface area (Å²) in [4.78, 5) is 4.40. The third-order valence-corrected chi connectivity index (χ3v) is 1.82. The summed E-state index contributed by atoms with van der Waals surface area (Å²) in [5.74, 6) is 0. The van der Waals surface area contributed by atoms with Gasteiger partial charge in [0.05, 0.1) is 0 Å². The summed E-state index contributed by atoms with van der Waals surface area (Å²) in [5, 5.41) is 0. The first kappa shape index (κ1) is 8.57. The molecule has 0 aliphatic rings.